The quantitative estimate of drug-likeness (QED) is 0.911. The molecule has 0 saturated heterocycles. The van der Waals surface area contributed by atoms with Crippen molar-refractivity contribution in [1.82, 2.24) is 5.32 Å². The van der Waals surface area contributed by atoms with Crippen LogP contribution in [0.25, 0.3) is 10.8 Å². The van der Waals surface area contributed by atoms with Crippen molar-refractivity contribution in [1.29, 1.82) is 0 Å². The Kier molecular flexibility index (Phi) is 4.58. The SMILES string of the molecule is COCC(C)NC(=O)c1ccc2cc(OC)ccc2c1. The second kappa shape index (κ2) is 6.39. The lowest BCUT2D eigenvalue weighted by Crippen LogP contribution is -2.35. The molecule has 0 heterocycles. The van der Waals surface area contributed by atoms with Crippen molar-refractivity contribution in [2.75, 3.05) is 20.8 Å². The summed E-state index contributed by atoms with van der Waals surface area (Å²) in [5.74, 6) is 0.718. The minimum absolute atomic E-state index is 0.0148. The number of hydrogen-bond donors (Lipinski definition) is 1. The smallest absolute Gasteiger partial charge is 0.251 e. The lowest BCUT2D eigenvalue weighted by atomic mass is 10.1. The minimum atomic E-state index is -0.0905. The van der Waals surface area contributed by atoms with Crippen molar-refractivity contribution in [2.45, 2.75) is 13.0 Å². The zero-order chi connectivity index (χ0) is 14.5. The number of rotatable bonds is 5. The Morgan fingerprint density at radius 2 is 1.85 bits per heavy atom. The number of hydrogen-bond acceptors (Lipinski definition) is 3. The molecule has 0 radical (unpaired) electrons. The maximum absolute atomic E-state index is 12.1. The van der Waals surface area contributed by atoms with Crippen molar-refractivity contribution in [3.05, 3.63) is 42.0 Å². The van der Waals surface area contributed by atoms with E-state index >= 15 is 0 Å². The third-order valence-electron chi connectivity index (χ3n) is 3.10. The Bertz CT molecular complexity index is 610. The highest BCUT2D eigenvalue weighted by Crippen LogP contribution is 2.21. The van der Waals surface area contributed by atoms with Gasteiger partial charge in [0.15, 0.2) is 0 Å². The van der Waals surface area contributed by atoms with E-state index in [1.807, 2.05) is 43.3 Å². The van der Waals surface area contributed by atoms with Crippen LogP contribution in [0.2, 0.25) is 0 Å². The van der Waals surface area contributed by atoms with E-state index in [2.05, 4.69) is 5.32 Å². The molecular weight excluding hydrogens is 254 g/mol. The first kappa shape index (κ1) is 14.3. The van der Waals surface area contributed by atoms with Crippen LogP contribution in [-0.4, -0.2) is 32.8 Å². The first-order chi connectivity index (χ1) is 9.63. The third-order valence-corrected chi connectivity index (χ3v) is 3.10. The molecule has 2 rings (SSSR count). The van der Waals surface area contributed by atoms with E-state index in [-0.39, 0.29) is 11.9 Å². The molecule has 2 aromatic rings. The van der Waals surface area contributed by atoms with Crippen LogP contribution in [0.4, 0.5) is 0 Å². The monoisotopic (exact) mass is 273 g/mol. The van der Waals surface area contributed by atoms with Gasteiger partial charge in [0.2, 0.25) is 0 Å². The van der Waals surface area contributed by atoms with Crippen LogP contribution in [-0.2, 0) is 4.74 Å². The summed E-state index contributed by atoms with van der Waals surface area (Å²) in [5.41, 5.74) is 0.644. The molecule has 106 valence electrons. The van der Waals surface area contributed by atoms with Gasteiger partial charge in [-0.25, -0.2) is 0 Å². The predicted octanol–water partition coefficient (Wildman–Crippen LogP) is 2.61. The Morgan fingerprint density at radius 3 is 2.55 bits per heavy atom. The van der Waals surface area contributed by atoms with Gasteiger partial charge in [-0.3, -0.25) is 4.79 Å². The number of ether oxygens (including phenoxy) is 2. The zero-order valence-electron chi connectivity index (χ0n) is 12.0. The van der Waals surface area contributed by atoms with Gasteiger partial charge >= 0.3 is 0 Å². The van der Waals surface area contributed by atoms with E-state index in [1.165, 1.54) is 0 Å². The Labute approximate surface area is 118 Å². The van der Waals surface area contributed by atoms with Crippen LogP contribution >= 0.6 is 0 Å². The highest BCUT2D eigenvalue weighted by molar-refractivity contribution is 5.98. The van der Waals surface area contributed by atoms with Crippen LogP contribution in [0.5, 0.6) is 5.75 Å². The average Bonchev–Trinajstić information content (AvgIpc) is 2.46. The largest absolute Gasteiger partial charge is 0.497 e. The summed E-state index contributed by atoms with van der Waals surface area (Å²) in [7, 11) is 3.26. The average molecular weight is 273 g/mol. The van der Waals surface area contributed by atoms with Gasteiger partial charge in [-0.2, -0.15) is 0 Å². The Morgan fingerprint density at radius 1 is 1.15 bits per heavy atom. The molecule has 0 aromatic heterocycles. The maximum atomic E-state index is 12.1. The van der Waals surface area contributed by atoms with Crippen molar-refractivity contribution in [3.8, 4) is 5.75 Å². The van der Waals surface area contributed by atoms with Crippen LogP contribution in [0, 0.1) is 0 Å². The molecule has 4 heteroatoms. The summed E-state index contributed by atoms with van der Waals surface area (Å²) in [5, 5.41) is 4.95. The van der Waals surface area contributed by atoms with Crippen molar-refractivity contribution < 1.29 is 14.3 Å². The summed E-state index contributed by atoms with van der Waals surface area (Å²) < 4.78 is 10.2. The number of fused-ring (bicyclic) bond motifs is 1. The molecule has 1 N–H and O–H groups in total. The van der Waals surface area contributed by atoms with Crippen molar-refractivity contribution in [3.63, 3.8) is 0 Å². The van der Waals surface area contributed by atoms with Crippen molar-refractivity contribution in [2.24, 2.45) is 0 Å². The highest BCUT2D eigenvalue weighted by Gasteiger charge is 2.10. The summed E-state index contributed by atoms with van der Waals surface area (Å²) >= 11 is 0. The number of amides is 1. The number of benzene rings is 2. The highest BCUT2D eigenvalue weighted by atomic mass is 16.5. The molecule has 1 atom stereocenters. The molecule has 0 saturated carbocycles. The molecule has 4 nitrogen and oxygen atoms in total. The predicted molar refractivity (Wildman–Crippen MR) is 79.3 cm³/mol. The van der Waals surface area contributed by atoms with Gasteiger partial charge in [0.05, 0.1) is 13.7 Å². The molecular formula is C16H19NO3. The van der Waals surface area contributed by atoms with E-state index < -0.39 is 0 Å². The fraction of sp³-hybridized carbons (Fsp3) is 0.312. The first-order valence-corrected chi connectivity index (χ1v) is 6.51. The zero-order valence-corrected chi connectivity index (χ0v) is 12.0. The van der Waals surface area contributed by atoms with Gasteiger partial charge in [0, 0.05) is 18.7 Å². The van der Waals surface area contributed by atoms with Crippen molar-refractivity contribution >= 4 is 16.7 Å². The maximum Gasteiger partial charge on any atom is 0.251 e. The first-order valence-electron chi connectivity index (χ1n) is 6.51. The van der Waals surface area contributed by atoms with E-state index in [4.69, 9.17) is 9.47 Å². The topological polar surface area (TPSA) is 47.6 Å². The van der Waals surface area contributed by atoms with Crippen LogP contribution in [0.15, 0.2) is 36.4 Å². The minimum Gasteiger partial charge on any atom is -0.497 e. The van der Waals surface area contributed by atoms with E-state index in [0.717, 1.165) is 16.5 Å². The number of methoxy groups -OCH3 is 2. The normalized spacial score (nSPS) is 12.2. The fourth-order valence-electron chi connectivity index (χ4n) is 2.09. The van der Waals surface area contributed by atoms with E-state index in [1.54, 1.807) is 14.2 Å². The van der Waals surface area contributed by atoms with Gasteiger partial charge in [0.25, 0.3) is 5.91 Å². The van der Waals surface area contributed by atoms with E-state index in [0.29, 0.717) is 12.2 Å². The standard InChI is InChI=1S/C16H19NO3/c1-11(10-19-2)17-16(18)14-5-4-13-9-15(20-3)7-6-12(13)8-14/h4-9,11H,10H2,1-3H3,(H,17,18). The molecule has 0 bridgehead atoms. The Balaban J connectivity index is 2.21. The summed E-state index contributed by atoms with van der Waals surface area (Å²) in [6.45, 7) is 2.41. The molecule has 2 aromatic carbocycles. The van der Waals surface area contributed by atoms with Gasteiger partial charge in [-0.15, -0.1) is 0 Å². The van der Waals surface area contributed by atoms with Crippen LogP contribution in [0.1, 0.15) is 17.3 Å². The summed E-state index contributed by atoms with van der Waals surface area (Å²) in [6, 6.07) is 11.4. The number of nitrogens with one attached hydrogen (secondary N) is 1. The summed E-state index contributed by atoms with van der Waals surface area (Å²) in [6.07, 6.45) is 0. The second-order valence-electron chi connectivity index (χ2n) is 4.76. The molecule has 0 spiro atoms. The molecule has 0 aliphatic heterocycles. The molecule has 1 unspecified atom stereocenters. The molecule has 0 fully saturated rings. The van der Waals surface area contributed by atoms with Crippen LogP contribution in [0.3, 0.4) is 0 Å². The van der Waals surface area contributed by atoms with Gasteiger partial charge < -0.3 is 14.8 Å². The molecule has 20 heavy (non-hydrogen) atoms. The molecule has 1 amide bonds. The van der Waals surface area contributed by atoms with E-state index in [9.17, 15) is 4.79 Å². The Hall–Kier alpha value is -2.07. The van der Waals surface area contributed by atoms with Crippen LogP contribution < -0.4 is 10.1 Å². The number of carbonyl (C=O) groups is 1. The second-order valence-corrected chi connectivity index (χ2v) is 4.76. The molecule has 0 aliphatic rings. The lowest BCUT2D eigenvalue weighted by molar-refractivity contribution is 0.0905. The van der Waals surface area contributed by atoms with Gasteiger partial charge in [-0.05, 0) is 42.0 Å². The van der Waals surface area contributed by atoms with Gasteiger partial charge in [0.1, 0.15) is 5.75 Å². The van der Waals surface area contributed by atoms with Gasteiger partial charge in [-0.1, -0.05) is 12.1 Å². The molecule has 0 aliphatic carbocycles. The number of carbonyl (C=O) groups excluding carboxylic acids is 1. The third kappa shape index (κ3) is 3.27. The summed E-state index contributed by atoms with van der Waals surface area (Å²) in [4.78, 5) is 12.1. The fourth-order valence-corrected chi connectivity index (χ4v) is 2.09. The lowest BCUT2D eigenvalue weighted by Gasteiger charge is -2.13.